The van der Waals surface area contributed by atoms with E-state index in [-0.39, 0.29) is 30.1 Å². The smallest absolute Gasteiger partial charge is 0.262 e. The van der Waals surface area contributed by atoms with Crippen LogP contribution in [-0.2, 0) is 9.59 Å². The third kappa shape index (κ3) is 8.35. The van der Waals surface area contributed by atoms with Crippen LogP contribution in [0.15, 0.2) is 84.9 Å². The molecule has 0 radical (unpaired) electrons. The van der Waals surface area contributed by atoms with E-state index in [0.717, 1.165) is 108 Å². The minimum absolute atomic E-state index is 0.0921. The second-order valence-electron chi connectivity index (χ2n) is 16.3. The van der Waals surface area contributed by atoms with E-state index < -0.39 is 29.7 Å². The fourth-order valence-corrected chi connectivity index (χ4v) is 10.2. The monoisotopic (exact) mass is 841 g/mol. The highest BCUT2D eigenvalue weighted by Gasteiger charge is 2.45. The molecular weight excluding hydrogens is 795 g/mol. The maximum Gasteiger partial charge on any atom is 0.262 e. The molecule has 0 aliphatic carbocycles. The molecule has 0 bridgehead atoms. The molecule has 3 saturated heterocycles. The Morgan fingerprint density at radius 1 is 0.738 bits per heavy atom. The fourth-order valence-electron chi connectivity index (χ4n) is 8.97. The molecule has 61 heavy (non-hydrogen) atoms. The van der Waals surface area contributed by atoms with Crippen LogP contribution in [0.2, 0.25) is 0 Å². The molecule has 1 atom stereocenters. The molecule has 1 unspecified atom stereocenters. The first-order chi connectivity index (χ1) is 29.6. The number of piperazine rings is 1. The van der Waals surface area contributed by atoms with Gasteiger partial charge in [-0.25, -0.2) is 0 Å². The molecular formula is C47H47N5O8S. The van der Waals surface area contributed by atoms with Crippen LogP contribution < -0.4 is 15.0 Å². The first-order valence-corrected chi connectivity index (χ1v) is 21.8. The number of hydrogen-bond acceptors (Lipinski definition) is 12. The number of aromatic hydroxyl groups is 2. The van der Waals surface area contributed by atoms with Gasteiger partial charge in [0, 0.05) is 64.4 Å². The first-order valence-electron chi connectivity index (χ1n) is 21.0. The summed E-state index contributed by atoms with van der Waals surface area (Å²) in [4.78, 5) is 73.5. The van der Waals surface area contributed by atoms with Gasteiger partial charge in [0.25, 0.3) is 11.8 Å². The minimum Gasteiger partial charge on any atom is -0.508 e. The van der Waals surface area contributed by atoms with Crippen molar-refractivity contribution >= 4 is 56.5 Å². The Hall–Kier alpha value is -6.09. The molecule has 13 nitrogen and oxygen atoms in total. The maximum absolute atomic E-state index is 14.0. The zero-order chi connectivity index (χ0) is 42.2. The molecule has 9 rings (SSSR count). The first kappa shape index (κ1) is 40.3. The molecule has 0 spiro atoms. The number of anilines is 1. The second kappa shape index (κ2) is 17.1. The van der Waals surface area contributed by atoms with Gasteiger partial charge in [0.1, 0.15) is 23.3 Å². The molecule has 14 heteroatoms. The lowest BCUT2D eigenvalue weighted by Gasteiger charge is -2.37. The van der Waals surface area contributed by atoms with Gasteiger partial charge in [-0.3, -0.25) is 39.1 Å². The summed E-state index contributed by atoms with van der Waals surface area (Å²) in [7, 11) is 0. The molecule has 4 aliphatic rings. The van der Waals surface area contributed by atoms with Crippen molar-refractivity contribution < 1.29 is 38.9 Å². The predicted molar refractivity (Wildman–Crippen MR) is 232 cm³/mol. The van der Waals surface area contributed by atoms with Gasteiger partial charge in [-0.1, -0.05) is 0 Å². The third-order valence-corrected chi connectivity index (χ3v) is 13.7. The number of ether oxygens (including phenoxy) is 1. The van der Waals surface area contributed by atoms with Crippen molar-refractivity contribution in [2.45, 2.75) is 38.1 Å². The van der Waals surface area contributed by atoms with Crippen molar-refractivity contribution in [1.29, 1.82) is 0 Å². The zero-order valence-electron chi connectivity index (χ0n) is 33.7. The number of amides is 4. The molecule has 3 fully saturated rings. The fraction of sp³-hybridized carbons (Fsp3) is 0.340. The SMILES string of the molecule is O=C1CCC(N2C(=O)c3ccc(N4CCN(CCCN5CCC(COc6ccc(C(=O)c7c(-c8ccc(O)cc8)sc8cc(O)ccc78)cc6)CC5)CC4)cc3C2=O)C(=O)N1. The van der Waals surface area contributed by atoms with Gasteiger partial charge in [0.2, 0.25) is 11.8 Å². The van der Waals surface area contributed by atoms with Crippen molar-refractivity contribution in [3.05, 3.63) is 107 Å². The molecule has 0 saturated carbocycles. The Balaban J connectivity index is 0.705. The molecule has 4 aromatic carbocycles. The lowest BCUT2D eigenvalue weighted by Crippen LogP contribution is -2.54. The molecule has 4 aliphatic heterocycles. The number of carbonyl (C=O) groups is 5. The number of phenols is 2. The van der Waals surface area contributed by atoms with Gasteiger partial charge in [0.15, 0.2) is 5.78 Å². The summed E-state index contributed by atoms with van der Waals surface area (Å²) in [6.45, 7) is 8.17. The van der Waals surface area contributed by atoms with Gasteiger partial charge in [0.05, 0.1) is 17.7 Å². The number of benzene rings is 4. The van der Waals surface area contributed by atoms with E-state index in [4.69, 9.17) is 4.74 Å². The summed E-state index contributed by atoms with van der Waals surface area (Å²) in [5.41, 5.74) is 3.43. The number of piperidine rings is 2. The van der Waals surface area contributed by atoms with E-state index in [1.54, 1.807) is 54.6 Å². The number of carbonyl (C=O) groups excluding carboxylic acids is 5. The number of imide groups is 2. The zero-order valence-corrected chi connectivity index (χ0v) is 34.5. The second-order valence-corrected chi connectivity index (χ2v) is 17.4. The minimum atomic E-state index is -0.971. The summed E-state index contributed by atoms with van der Waals surface area (Å²) >= 11 is 1.44. The number of nitrogens with zero attached hydrogens (tertiary/aromatic N) is 4. The molecule has 4 amide bonds. The van der Waals surface area contributed by atoms with Crippen LogP contribution >= 0.6 is 11.3 Å². The Morgan fingerprint density at radius 3 is 2.15 bits per heavy atom. The van der Waals surface area contributed by atoms with Gasteiger partial charge in [-0.05, 0) is 148 Å². The summed E-state index contributed by atoms with van der Waals surface area (Å²) < 4.78 is 7.03. The highest BCUT2D eigenvalue weighted by atomic mass is 32.1. The Kier molecular flexibility index (Phi) is 11.3. The van der Waals surface area contributed by atoms with E-state index in [0.29, 0.717) is 34.8 Å². The van der Waals surface area contributed by atoms with Crippen molar-refractivity contribution in [3.8, 4) is 27.7 Å². The standard InChI is InChI=1S/C47H47N5O8S/c53-33-7-2-31(3-8-33)44-42(37-13-9-34(54)27-40(37)61-44)43(56)30-4-10-35(11-5-30)60-28-29-16-20-49(21-17-29)18-1-19-50-22-24-51(25-23-50)32-6-12-36-38(26-32)47(59)52(46(36)58)39-14-15-41(55)48-45(39)57/h2-13,26-27,29,39,53-54H,1,14-25,28H2,(H,48,55,57). The van der Waals surface area contributed by atoms with Gasteiger partial charge < -0.3 is 24.7 Å². The van der Waals surface area contributed by atoms with Gasteiger partial charge in [-0.2, -0.15) is 0 Å². The van der Waals surface area contributed by atoms with Crippen LogP contribution in [0.25, 0.3) is 20.5 Å². The van der Waals surface area contributed by atoms with Gasteiger partial charge >= 0.3 is 0 Å². The third-order valence-electron chi connectivity index (χ3n) is 12.4. The summed E-state index contributed by atoms with van der Waals surface area (Å²) in [5.74, 6) is -0.606. The number of fused-ring (bicyclic) bond motifs is 2. The molecule has 3 N–H and O–H groups in total. The summed E-state index contributed by atoms with van der Waals surface area (Å²) in [6, 6.07) is 23.5. The van der Waals surface area contributed by atoms with Crippen molar-refractivity contribution in [3.63, 3.8) is 0 Å². The number of likely N-dealkylation sites (tertiary alicyclic amines) is 1. The van der Waals surface area contributed by atoms with E-state index in [1.165, 1.54) is 11.3 Å². The van der Waals surface area contributed by atoms with Crippen molar-refractivity contribution in [2.24, 2.45) is 5.92 Å². The lowest BCUT2D eigenvalue weighted by atomic mass is 9.97. The number of phenolic OH excluding ortho intramolecular Hbond substituents is 2. The molecule has 1 aromatic heterocycles. The number of ketones is 1. The Bertz CT molecular complexity index is 2500. The van der Waals surface area contributed by atoms with Crippen LogP contribution in [0, 0.1) is 5.92 Å². The molecule has 314 valence electrons. The van der Waals surface area contributed by atoms with Crippen LogP contribution in [0.1, 0.15) is 68.7 Å². The van der Waals surface area contributed by atoms with E-state index in [2.05, 4.69) is 20.0 Å². The highest BCUT2D eigenvalue weighted by molar-refractivity contribution is 7.22. The predicted octanol–water partition coefficient (Wildman–Crippen LogP) is 5.91. The maximum atomic E-state index is 14.0. The molecule has 5 heterocycles. The van der Waals surface area contributed by atoms with E-state index >= 15 is 0 Å². The normalized spacial score (nSPS) is 19.1. The number of rotatable bonds is 12. The average molecular weight is 842 g/mol. The van der Waals surface area contributed by atoms with Crippen LogP contribution in [0.3, 0.4) is 0 Å². The van der Waals surface area contributed by atoms with Crippen molar-refractivity contribution in [2.75, 3.05) is 63.9 Å². The summed E-state index contributed by atoms with van der Waals surface area (Å²) in [6.07, 6.45) is 3.44. The topological polar surface area (TPSA) is 160 Å². The number of hydrogen-bond donors (Lipinski definition) is 3. The van der Waals surface area contributed by atoms with E-state index in [1.807, 2.05) is 30.3 Å². The van der Waals surface area contributed by atoms with Gasteiger partial charge in [-0.15, -0.1) is 11.3 Å². The Labute approximate surface area is 357 Å². The Morgan fingerprint density at radius 2 is 1.43 bits per heavy atom. The van der Waals surface area contributed by atoms with Crippen LogP contribution in [-0.4, -0.2) is 119 Å². The quantitative estimate of drug-likeness (QED) is 0.101. The van der Waals surface area contributed by atoms with E-state index in [9.17, 15) is 34.2 Å². The number of thiophene rings is 1. The van der Waals surface area contributed by atoms with Crippen LogP contribution in [0.5, 0.6) is 17.2 Å². The van der Waals surface area contributed by atoms with Crippen molar-refractivity contribution in [1.82, 2.24) is 20.0 Å². The largest absolute Gasteiger partial charge is 0.508 e. The highest BCUT2D eigenvalue weighted by Crippen LogP contribution is 2.42. The number of nitrogens with one attached hydrogen (secondary N) is 1. The lowest BCUT2D eigenvalue weighted by molar-refractivity contribution is -0.136. The van der Waals surface area contributed by atoms with Crippen LogP contribution in [0.4, 0.5) is 5.69 Å². The average Bonchev–Trinajstić information content (AvgIpc) is 3.76. The summed E-state index contributed by atoms with van der Waals surface area (Å²) in [5, 5.41) is 23.0. The molecule has 5 aromatic rings.